The highest BCUT2D eigenvalue weighted by Gasteiger charge is 2.34. The molecule has 34 heavy (non-hydrogen) atoms. The fraction of sp³-hybridized carbons (Fsp3) is 0.185. The van der Waals surface area contributed by atoms with Crippen molar-refractivity contribution >= 4 is 23.6 Å². The second-order valence-electron chi connectivity index (χ2n) is 7.48. The topological polar surface area (TPSA) is 77.1 Å². The molecule has 0 saturated carbocycles. The Hall–Kier alpha value is -4.26. The van der Waals surface area contributed by atoms with Gasteiger partial charge in [0.05, 0.1) is 25.5 Å². The second-order valence-corrected chi connectivity index (χ2v) is 7.48. The maximum atomic E-state index is 12.8. The third kappa shape index (κ3) is 5.56. The molecule has 1 N–H and O–H groups in total. The number of carbonyl (C=O) groups excluding carboxylic acids is 2. The molecule has 0 aromatic heterocycles. The highest BCUT2D eigenvalue weighted by molar-refractivity contribution is 6.31. The normalized spacial score (nSPS) is 14.3. The summed E-state index contributed by atoms with van der Waals surface area (Å²) in [6.45, 7) is 3.33. The molecule has 3 aromatic rings. The summed E-state index contributed by atoms with van der Waals surface area (Å²) in [6, 6.07) is 23.9. The number of anilines is 1. The van der Waals surface area contributed by atoms with Gasteiger partial charge < -0.3 is 14.2 Å². The molecule has 1 heterocycles. The van der Waals surface area contributed by atoms with E-state index in [9.17, 15) is 9.59 Å². The molecule has 2 amide bonds. The van der Waals surface area contributed by atoms with Gasteiger partial charge in [0.1, 0.15) is 11.3 Å². The molecule has 174 valence electrons. The number of hydrazine groups is 1. The van der Waals surface area contributed by atoms with Crippen molar-refractivity contribution in [3.8, 4) is 17.2 Å². The van der Waals surface area contributed by atoms with Crippen molar-refractivity contribution in [3.05, 3.63) is 90.0 Å². The molecule has 0 atom stereocenters. The number of rotatable bonds is 10. The zero-order valence-electron chi connectivity index (χ0n) is 18.9. The fourth-order valence-electron chi connectivity index (χ4n) is 3.43. The number of nitrogens with one attached hydrogen (secondary N) is 1. The van der Waals surface area contributed by atoms with Crippen molar-refractivity contribution in [2.75, 3.05) is 24.8 Å². The first-order chi connectivity index (χ1) is 16.7. The van der Waals surface area contributed by atoms with Gasteiger partial charge in [0.15, 0.2) is 11.5 Å². The van der Waals surface area contributed by atoms with Crippen LogP contribution in [0.1, 0.15) is 18.9 Å². The first kappa shape index (κ1) is 22.9. The van der Waals surface area contributed by atoms with E-state index in [2.05, 4.69) is 5.43 Å². The summed E-state index contributed by atoms with van der Waals surface area (Å²) in [6.07, 6.45) is 2.26. The first-order valence-electron chi connectivity index (χ1n) is 11.2. The number of carbonyl (C=O) groups is 2. The van der Waals surface area contributed by atoms with Crippen LogP contribution in [0.25, 0.3) is 6.08 Å². The quantitative estimate of drug-likeness (QED) is 0.277. The smallest absolute Gasteiger partial charge is 0.282 e. The summed E-state index contributed by atoms with van der Waals surface area (Å²) < 4.78 is 17.3. The minimum Gasteiger partial charge on any atom is -0.493 e. The molecule has 4 rings (SSSR count). The van der Waals surface area contributed by atoms with Crippen LogP contribution in [0, 0.1) is 0 Å². The number of hydrogen-bond acceptors (Lipinski definition) is 5. The summed E-state index contributed by atoms with van der Waals surface area (Å²) in [5, 5.41) is 1.24. The molecule has 0 spiro atoms. The predicted octanol–water partition coefficient (Wildman–Crippen LogP) is 4.39. The van der Waals surface area contributed by atoms with Gasteiger partial charge >= 0.3 is 0 Å². The van der Waals surface area contributed by atoms with E-state index in [0.717, 1.165) is 5.75 Å². The van der Waals surface area contributed by atoms with Gasteiger partial charge in [0, 0.05) is 6.42 Å². The molecule has 0 unspecified atom stereocenters. The standard InChI is InChI=1S/C27H26N2O5/c1-2-32-25-19-20(14-15-24(25)34-17-9-16-33-22-12-7-4-8-13-22)18-23-26(30)28-29(27(23)31)21-10-5-3-6-11-21/h3-8,10-15,18-19H,2,9,16-17H2,1H3,(H,28,30)/b23-18+. The SMILES string of the molecule is CCOc1cc(/C=C2\C(=O)NN(c3ccccc3)C2=O)ccc1OCCCOc1ccccc1. The van der Waals surface area contributed by atoms with Gasteiger partial charge in [0.2, 0.25) is 0 Å². The molecule has 0 radical (unpaired) electrons. The van der Waals surface area contributed by atoms with E-state index >= 15 is 0 Å². The number of amides is 2. The van der Waals surface area contributed by atoms with E-state index in [0.29, 0.717) is 49.0 Å². The van der Waals surface area contributed by atoms with E-state index in [1.165, 1.54) is 5.01 Å². The van der Waals surface area contributed by atoms with Crippen LogP contribution in [0.4, 0.5) is 5.69 Å². The van der Waals surface area contributed by atoms with Crippen LogP contribution in [0.3, 0.4) is 0 Å². The van der Waals surface area contributed by atoms with Crippen molar-refractivity contribution in [2.45, 2.75) is 13.3 Å². The van der Waals surface area contributed by atoms with Crippen LogP contribution in [-0.4, -0.2) is 31.6 Å². The third-order valence-electron chi connectivity index (χ3n) is 5.04. The monoisotopic (exact) mass is 458 g/mol. The first-order valence-corrected chi connectivity index (χ1v) is 11.2. The van der Waals surface area contributed by atoms with Crippen molar-refractivity contribution in [3.63, 3.8) is 0 Å². The van der Waals surface area contributed by atoms with E-state index < -0.39 is 11.8 Å². The van der Waals surface area contributed by atoms with E-state index in [-0.39, 0.29) is 5.57 Å². The van der Waals surface area contributed by atoms with E-state index in [1.54, 1.807) is 48.5 Å². The van der Waals surface area contributed by atoms with E-state index in [4.69, 9.17) is 14.2 Å². The van der Waals surface area contributed by atoms with Crippen LogP contribution in [0.15, 0.2) is 84.4 Å². The van der Waals surface area contributed by atoms with Gasteiger partial charge in [-0.15, -0.1) is 0 Å². The van der Waals surface area contributed by atoms with Crippen LogP contribution in [0.5, 0.6) is 17.2 Å². The van der Waals surface area contributed by atoms with Crippen LogP contribution in [-0.2, 0) is 9.59 Å². The lowest BCUT2D eigenvalue weighted by molar-refractivity contribution is -0.117. The highest BCUT2D eigenvalue weighted by Crippen LogP contribution is 2.30. The van der Waals surface area contributed by atoms with Crippen LogP contribution < -0.4 is 24.6 Å². The molecular weight excluding hydrogens is 432 g/mol. The lowest BCUT2D eigenvalue weighted by atomic mass is 10.1. The number of ether oxygens (including phenoxy) is 3. The largest absolute Gasteiger partial charge is 0.493 e. The van der Waals surface area contributed by atoms with E-state index in [1.807, 2.05) is 43.3 Å². The Morgan fingerprint density at radius 2 is 1.53 bits per heavy atom. The summed E-state index contributed by atoms with van der Waals surface area (Å²) in [7, 11) is 0. The number of para-hydroxylation sites is 2. The maximum Gasteiger partial charge on any atom is 0.282 e. The van der Waals surface area contributed by atoms with Crippen LogP contribution >= 0.6 is 0 Å². The zero-order valence-corrected chi connectivity index (χ0v) is 18.9. The summed E-state index contributed by atoms with van der Waals surface area (Å²) in [5.74, 6) is 1.10. The highest BCUT2D eigenvalue weighted by atomic mass is 16.5. The Bertz CT molecular complexity index is 1160. The minimum absolute atomic E-state index is 0.0537. The molecule has 1 aliphatic heterocycles. The fourth-order valence-corrected chi connectivity index (χ4v) is 3.43. The third-order valence-corrected chi connectivity index (χ3v) is 5.04. The molecular formula is C27H26N2O5. The molecule has 1 saturated heterocycles. The Labute approximate surface area is 198 Å². The lowest BCUT2D eigenvalue weighted by Gasteiger charge is -2.14. The summed E-state index contributed by atoms with van der Waals surface area (Å²) in [4.78, 5) is 25.3. The maximum absolute atomic E-state index is 12.8. The molecule has 7 heteroatoms. The molecule has 0 aliphatic carbocycles. The van der Waals surface area contributed by atoms with Crippen molar-refractivity contribution < 1.29 is 23.8 Å². The van der Waals surface area contributed by atoms with Gasteiger partial charge in [-0.1, -0.05) is 42.5 Å². The average Bonchev–Trinajstić information content (AvgIpc) is 3.14. The Kier molecular flexibility index (Phi) is 7.45. The van der Waals surface area contributed by atoms with Crippen molar-refractivity contribution in [1.82, 2.24) is 5.43 Å². The Balaban J connectivity index is 1.41. The van der Waals surface area contributed by atoms with Gasteiger partial charge in [-0.25, -0.2) is 5.01 Å². The second kappa shape index (κ2) is 11.0. The zero-order chi connectivity index (χ0) is 23.8. The number of nitrogens with zero attached hydrogens (tertiary/aromatic N) is 1. The Morgan fingerprint density at radius 3 is 2.26 bits per heavy atom. The van der Waals surface area contributed by atoms with Crippen molar-refractivity contribution in [2.24, 2.45) is 0 Å². The summed E-state index contributed by atoms with van der Waals surface area (Å²) in [5.41, 5.74) is 3.92. The summed E-state index contributed by atoms with van der Waals surface area (Å²) >= 11 is 0. The molecule has 3 aromatic carbocycles. The van der Waals surface area contributed by atoms with Gasteiger partial charge in [0.25, 0.3) is 11.8 Å². The molecule has 1 fully saturated rings. The number of hydrogen-bond donors (Lipinski definition) is 1. The average molecular weight is 459 g/mol. The molecule has 1 aliphatic rings. The molecule has 7 nitrogen and oxygen atoms in total. The predicted molar refractivity (Wildman–Crippen MR) is 130 cm³/mol. The lowest BCUT2D eigenvalue weighted by Crippen LogP contribution is -2.35. The van der Waals surface area contributed by atoms with Crippen molar-refractivity contribution in [1.29, 1.82) is 0 Å². The van der Waals surface area contributed by atoms with Gasteiger partial charge in [-0.05, 0) is 55.0 Å². The van der Waals surface area contributed by atoms with Crippen LogP contribution in [0.2, 0.25) is 0 Å². The Morgan fingerprint density at radius 1 is 0.824 bits per heavy atom. The van der Waals surface area contributed by atoms with Gasteiger partial charge in [-0.3, -0.25) is 15.0 Å². The molecule has 0 bridgehead atoms. The minimum atomic E-state index is -0.453. The van der Waals surface area contributed by atoms with Gasteiger partial charge in [-0.2, -0.15) is 0 Å². The number of benzene rings is 3.